The van der Waals surface area contributed by atoms with Gasteiger partial charge in [-0.3, -0.25) is 9.59 Å². The molecular formula is C26H30ClN3O5S. The second kappa shape index (κ2) is 12.4. The molecular weight excluding hydrogens is 502 g/mol. The first-order valence-corrected chi connectivity index (χ1v) is 13.5. The van der Waals surface area contributed by atoms with Crippen LogP contribution in [0.1, 0.15) is 24.2 Å². The number of anilines is 1. The van der Waals surface area contributed by atoms with Crippen molar-refractivity contribution in [3.8, 4) is 5.75 Å². The number of carbonyl (C=O) groups excluding carboxylic acids is 3. The van der Waals surface area contributed by atoms with E-state index >= 15 is 0 Å². The SMILES string of the molecule is CCOC(=O)N1CCN(C(=O)CN2C(=O)C(c3ccc(OCCCCl)cc3)Sc3ccccc32)CC1. The molecule has 2 aliphatic heterocycles. The summed E-state index contributed by atoms with van der Waals surface area (Å²) >= 11 is 7.20. The van der Waals surface area contributed by atoms with Gasteiger partial charge in [-0.25, -0.2) is 4.79 Å². The van der Waals surface area contributed by atoms with Gasteiger partial charge in [-0.05, 0) is 43.2 Å². The maximum Gasteiger partial charge on any atom is 0.409 e. The maximum absolute atomic E-state index is 13.6. The van der Waals surface area contributed by atoms with Gasteiger partial charge in [0.2, 0.25) is 11.8 Å². The first-order valence-electron chi connectivity index (χ1n) is 12.1. The van der Waals surface area contributed by atoms with Gasteiger partial charge in [0.1, 0.15) is 17.5 Å². The standard InChI is InChI=1S/C26H30ClN3O5S/c1-2-34-26(33)29-15-13-28(14-16-29)23(31)18-30-21-6-3-4-7-22(21)36-24(25(30)32)19-8-10-20(11-9-19)35-17-5-12-27/h3-4,6-11,24H,2,5,12-18H2,1H3. The number of benzene rings is 2. The molecule has 1 atom stereocenters. The highest BCUT2D eigenvalue weighted by Gasteiger charge is 2.36. The molecule has 0 spiro atoms. The Labute approximate surface area is 220 Å². The van der Waals surface area contributed by atoms with Crippen molar-refractivity contribution in [2.24, 2.45) is 0 Å². The number of alkyl halides is 1. The average Bonchev–Trinajstić information content (AvgIpc) is 2.91. The fourth-order valence-electron chi connectivity index (χ4n) is 4.16. The number of carbonyl (C=O) groups is 3. The van der Waals surface area contributed by atoms with E-state index in [1.165, 1.54) is 11.8 Å². The van der Waals surface area contributed by atoms with Gasteiger partial charge in [0.05, 0.1) is 18.9 Å². The molecule has 0 N–H and O–H groups in total. The number of hydrogen-bond donors (Lipinski definition) is 0. The fourth-order valence-corrected chi connectivity index (χ4v) is 5.50. The predicted molar refractivity (Wildman–Crippen MR) is 140 cm³/mol. The van der Waals surface area contributed by atoms with Crippen LogP contribution in [-0.2, 0) is 14.3 Å². The zero-order valence-corrected chi connectivity index (χ0v) is 21.8. The van der Waals surface area contributed by atoms with E-state index in [2.05, 4.69) is 0 Å². The van der Waals surface area contributed by atoms with Crippen molar-refractivity contribution in [1.29, 1.82) is 0 Å². The summed E-state index contributed by atoms with van der Waals surface area (Å²) in [7, 11) is 0. The molecule has 0 saturated carbocycles. The van der Waals surface area contributed by atoms with Gasteiger partial charge in [0.25, 0.3) is 0 Å². The first kappa shape index (κ1) is 26.2. The van der Waals surface area contributed by atoms with Crippen molar-refractivity contribution in [2.75, 3.05) is 56.7 Å². The monoisotopic (exact) mass is 531 g/mol. The van der Waals surface area contributed by atoms with E-state index in [9.17, 15) is 14.4 Å². The minimum atomic E-state index is -0.467. The number of amides is 3. The van der Waals surface area contributed by atoms with Crippen LogP contribution >= 0.6 is 23.4 Å². The Bertz CT molecular complexity index is 1080. The van der Waals surface area contributed by atoms with Crippen LogP contribution in [-0.4, -0.2) is 79.5 Å². The van der Waals surface area contributed by atoms with Crippen LogP contribution in [0.5, 0.6) is 5.75 Å². The lowest BCUT2D eigenvalue weighted by Gasteiger charge is -2.37. The highest BCUT2D eigenvalue weighted by molar-refractivity contribution is 8.00. The quantitative estimate of drug-likeness (QED) is 0.376. The Hall–Kier alpha value is -2.91. The summed E-state index contributed by atoms with van der Waals surface area (Å²) in [5, 5.41) is -0.467. The first-order chi connectivity index (χ1) is 17.5. The molecule has 0 aromatic heterocycles. The Kier molecular flexibility index (Phi) is 8.98. The van der Waals surface area contributed by atoms with Crippen LogP contribution < -0.4 is 9.64 Å². The number of thioether (sulfide) groups is 1. The third-order valence-electron chi connectivity index (χ3n) is 6.07. The van der Waals surface area contributed by atoms with Crippen LogP contribution in [0.25, 0.3) is 0 Å². The molecule has 2 aliphatic rings. The van der Waals surface area contributed by atoms with Gasteiger partial charge in [-0.1, -0.05) is 24.3 Å². The third-order valence-corrected chi connectivity index (χ3v) is 7.65. The molecule has 2 heterocycles. The van der Waals surface area contributed by atoms with Gasteiger partial charge in [0, 0.05) is 37.0 Å². The van der Waals surface area contributed by atoms with Crippen LogP contribution in [0.15, 0.2) is 53.4 Å². The van der Waals surface area contributed by atoms with Gasteiger partial charge >= 0.3 is 6.09 Å². The van der Waals surface area contributed by atoms with E-state index in [1.807, 2.05) is 48.5 Å². The number of nitrogens with zero attached hydrogens (tertiary/aromatic N) is 3. The van der Waals surface area contributed by atoms with E-state index in [0.717, 1.165) is 28.3 Å². The Morgan fingerprint density at radius 2 is 1.72 bits per heavy atom. The summed E-state index contributed by atoms with van der Waals surface area (Å²) < 4.78 is 10.7. The van der Waals surface area contributed by atoms with Crippen molar-refractivity contribution < 1.29 is 23.9 Å². The summed E-state index contributed by atoms with van der Waals surface area (Å²) in [6, 6.07) is 15.2. The molecule has 0 bridgehead atoms. The molecule has 0 aliphatic carbocycles. The third kappa shape index (κ3) is 6.07. The minimum absolute atomic E-state index is 0.0497. The molecule has 2 aromatic carbocycles. The summed E-state index contributed by atoms with van der Waals surface area (Å²) in [5.41, 5.74) is 1.59. The predicted octanol–water partition coefficient (Wildman–Crippen LogP) is 4.18. The van der Waals surface area contributed by atoms with Crippen LogP contribution in [0.2, 0.25) is 0 Å². The Morgan fingerprint density at radius 1 is 1.03 bits per heavy atom. The normalized spacial score (nSPS) is 17.6. The largest absolute Gasteiger partial charge is 0.494 e. The molecule has 192 valence electrons. The number of halogens is 1. The number of piperazine rings is 1. The maximum atomic E-state index is 13.6. The molecule has 1 unspecified atom stereocenters. The molecule has 3 amide bonds. The zero-order valence-electron chi connectivity index (χ0n) is 20.2. The van der Waals surface area contributed by atoms with E-state index in [0.29, 0.717) is 45.3 Å². The molecule has 1 fully saturated rings. The van der Waals surface area contributed by atoms with Crippen LogP contribution in [0, 0.1) is 0 Å². The zero-order chi connectivity index (χ0) is 25.5. The lowest BCUT2D eigenvalue weighted by Crippen LogP contribution is -2.53. The molecule has 10 heteroatoms. The highest BCUT2D eigenvalue weighted by atomic mass is 35.5. The van der Waals surface area contributed by atoms with Crippen molar-refractivity contribution in [1.82, 2.24) is 9.80 Å². The summed E-state index contributed by atoms with van der Waals surface area (Å²) in [6.45, 7) is 4.21. The fraction of sp³-hybridized carbons (Fsp3) is 0.423. The lowest BCUT2D eigenvalue weighted by molar-refractivity contribution is -0.132. The second-order valence-corrected chi connectivity index (χ2v) is 9.94. The minimum Gasteiger partial charge on any atom is -0.494 e. The molecule has 36 heavy (non-hydrogen) atoms. The van der Waals surface area contributed by atoms with Gasteiger partial charge in [-0.2, -0.15) is 0 Å². The second-order valence-electron chi connectivity index (χ2n) is 8.42. The number of fused-ring (bicyclic) bond motifs is 1. The summed E-state index contributed by atoms with van der Waals surface area (Å²) in [4.78, 5) is 44.6. The lowest BCUT2D eigenvalue weighted by atomic mass is 10.1. The van der Waals surface area contributed by atoms with E-state index in [-0.39, 0.29) is 24.5 Å². The average molecular weight is 532 g/mol. The molecule has 2 aromatic rings. The van der Waals surface area contributed by atoms with Gasteiger partial charge < -0.3 is 24.2 Å². The number of ether oxygens (including phenoxy) is 2. The molecule has 8 nitrogen and oxygen atoms in total. The van der Waals surface area contributed by atoms with Crippen molar-refractivity contribution >= 4 is 47.0 Å². The summed E-state index contributed by atoms with van der Waals surface area (Å²) in [5.74, 6) is 0.996. The van der Waals surface area contributed by atoms with Gasteiger partial charge in [-0.15, -0.1) is 23.4 Å². The van der Waals surface area contributed by atoms with Crippen molar-refractivity contribution in [2.45, 2.75) is 23.5 Å². The van der Waals surface area contributed by atoms with Crippen molar-refractivity contribution in [3.63, 3.8) is 0 Å². The van der Waals surface area contributed by atoms with Crippen LogP contribution in [0.3, 0.4) is 0 Å². The topological polar surface area (TPSA) is 79.4 Å². The van der Waals surface area contributed by atoms with Crippen molar-refractivity contribution in [3.05, 3.63) is 54.1 Å². The smallest absolute Gasteiger partial charge is 0.409 e. The number of hydrogen-bond acceptors (Lipinski definition) is 6. The molecule has 1 saturated heterocycles. The van der Waals surface area contributed by atoms with E-state index in [1.54, 1.807) is 21.6 Å². The van der Waals surface area contributed by atoms with E-state index in [4.69, 9.17) is 21.1 Å². The Morgan fingerprint density at radius 3 is 2.42 bits per heavy atom. The number of rotatable bonds is 8. The van der Waals surface area contributed by atoms with Gasteiger partial charge in [0.15, 0.2) is 0 Å². The van der Waals surface area contributed by atoms with Crippen LogP contribution in [0.4, 0.5) is 10.5 Å². The number of para-hydroxylation sites is 1. The molecule has 4 rings (SSSR count). The van der Waals surface area contributed by atoms with E-state index < -0.39 is 5.25 Å². The Balaban J connectivity index is 1.45. The highest BCUT2D eigenvalue weighted by Crippen LogP contribution is 2.46. The summed E-state index contributed by atoms with van der Waals surface area (Å²) in [6.07, 6.45) is 0.401. The molecule has 0 radical (unpaired) electrons.